The highest BCUT2D eigenvalue weighted by Crippen LogP contribution is 2.29. The molecule has 0 spiro atoms. The van der Waals surface area contributed by atoms with Gasteiger partial charge in [0.25, 0.3) is 0 Å². The van der Waals surface area contributed by atoms with E-state index in [-0.39, 0.29) is 24.8 Å². The fraction of sp³-hybridized carbons (Fsp3) is 0.409. The van der Waals surface area contributed by atoms with Crippen molar-refractivity contribution in [2.75, 3.05) is 54.0 Å². The molecular weight excluding hydrogens is 401 g/mol. The van der Waals surface area contributed by atoms with Crippen molar-refractivity contribution in [3.8, 4) is 0 Å². The maximum absolute atomic E-state index is 14.9. The minimum atomic E-state index is -0.539. The number of nitrogens with zero attached hydrogens (tertiary/aromatic N) is 4. The number of nitrogens with one attached hydrogen (secondary N) is 1. The molecule has 2 saturated heterocycles. The molecule has 2 aliphatic rings. The topological polar surface area (TPSA) is 78.0 Å². The number of halogens is 1. The highest BCUT2D eigenvalue weighted by Gasteiger charge is 2.33. The molecule has 2 fully saturated rings. The first kappa shape index (κ1) is 20.9. The molecule has 31 heavy (non-hydrogen) atoms. The van der Waals surface area contributed by atoms with Crippen molar-refractivity contribution in [2.45, 2.75) is 20.0 Å². The minimum Gasteiger partial charge on any atom is -0.442 e. The van der Waals surface area contributed by atoms with Gasteiger partial charge in [-0.25, -0.2) is 9.18 Å². The van der Waals surface area contributed by atoms with Crippen molar-refractivity contribution >= 4 is 29.1 Å². The summed E-state index contributed by atoms with van der Waals surface area (Å²) in [4.78, 5) is 33.3. The highest BCUT2D eigenvalue weighted by molar-refractivity contribution is 5.90. The third-order valence-electron chi connectivity index (χ3n) is 5.64. The van der Waals surface area contributed by atoms with Gasteiger partial charge >= 0.3 is 6.09 Å². The van der Waals surface area contributed by atoms with Crippen LogP contribution in [0.3, 0.4) is 0 Å². The van der Waals surface area contributed by atoms with Crippen molar-refractivity contribution in [3.05, 3.63) is 48.0 Å². The number of pyridine rings is 1. The van der Waals surface area contributed by atoms with E-state index >= 15 is 0 Å². The van der Waals surface area contributed by atoms with E-state index in [1.165, 1.54) is 17.9 Å². The van der Waals surface area contributed by atoms with Gasteiger partial charge in [-0.1, -0.05) is 0 Å². The normalized spacial score (nSPS) is 18.9. The largest absolute Gasteiger partial charge is 0.442 e. The predicted molar refractivity (Wildman–Crippen MR) is 116 cm³/mol. The molecule has 0 saturated carbocycles. The summed E-state index contributed by atoms with van der Waals surface area (Å²) in [7, 11) is 0. The molecule has 164 valence electrons. The Hall–Kier alpha value is -3.36. The Labute approximate surface area is 180 Å². The van der Waals surface area contributed by atoms with E-state index in [1.807, 2.05) is 17.9 Å². The monoisotopic (exact) mass is 427 g/mol. The third kappa shape index (κ3) is 4.55. The number of carbonyl (C=O) groups excluding carboxylic acids is 2. The lowest BCUT2D eigenvalue weighted by Crippen LogP contribution is -2.47. The Kier molecular flexibility index (Phi) is 5.92. The molecule has 1 N–H and O–H groups in total. The van der Waals surface area contributed by atoms with E-state index < -0.39 is 12.2 Å². The number of benzene rings is 1. The lowest BCUT2D eigenvalue weighted by molar-refractivity contribution is -0.119. The Morgan fingerprint density at radius 2 is 1.90 bits per heavy atom. The summed E-state index contributed by atoms with van der Waals surface area (Å²) in [6.45, 7) is 6.82. The number of cyclic esters (lactones) is 1. The molecule has 9 heteroatoms. The lowest BCUT2D eigenvalue weighted by atomic mass is 10.2. The molecule has 2 aliphatic heterocycles. The number of anilines is 3. The van der Waals surface area contributed by atoms with Crippen LogP contribution in [-0.4, -0.2) is 62.4 Å². The number of aryl methyl sites for hydroxylation is 1. The standard InChI is InChI=1S/C22H26FN5O3/c1-15-20(4-3-7-24-15)26-8-10-27(11-9-26)21-6-5-17(12-19(21)23)28-14-18(31-22(28)30)13-25-16(2)29/h3-7,12,18H,8-11,13-14H2,1-2H3,(H,25,29)/t18-/m0/s1. The van der Waals surface area contributed by atoms with Crippen molar-refractivity contribution in [3.63, 3.8) is 0 Å². The van der Waals surface area contributed by atoms with Crippen LogP contribution < -0.4 is 20.0 Å². The number of hydrogen-bond donors (Lipinski definition) is 1. The van der Waals surface area contributed by atoms with E-state index in [4.69, 9.17) is 4.74 Å². The van der Waals surface area contributed by atoms with Gasteiger partial charge in [0.15, 0.2) is 0 Å². The van der Waals surface area contributed by atoms with Gasteiger partial charge in [0, 0.05) is 39.3 Å². The number of hydrogen-bond acceptors (Lipinski definition) is 6. The van der Waals surface area contributed by atoms with E-state index in [9.17, 15) is 14.0 Å². The van der Waals surface area contributed by atoms with E-state index in [0.29, 0.717) is 24.5 Å². The van der Waals surface area contributed by atoms with Crippen LogP contribution in [0.5, 0.6) is 0 Å². The van der Waals surface area contributed by atoms with Crippen LogP contribution >= 0.6 is 0 Å². The summed E-state index contributed by atoms with van der Waals surface area (Å²) in [5, 5.41) is 2.63. The van der Waals surface area contributed by atoms with Crippen molar-refractivity contribution in [1.29, 1.82) is 0 Å². The van der Waals surface area contributed by atoms with E-state index in [1.54, 1.807) is 18.3 Å². The van der Waals surface area contributed by atoms with Gasteiger partial charge in [0.05, 0.1) is 35.8 Å². The first-order chi connectivity index (χ1) is 14.9. The van der Waals surface area contributed by atoms with Gasteiger partial charge in [-0.2, -0.15) is 0 Å². The quantitative estimate of drug-likeness (QED) is 0.789. The van der Waals surface area contributed by atoms with Crippen molar-refractivity contribution < 1.29 is 18.7 Å². The molecule has 2 amide bonds. The summed E-state index contributed by atoms with van der Waals surface area (Å²) >= 11 is 0. The zero-order chi connectivity index (χ0) is 22.0. The fourth-order valence-electron chi connectivity index (χ4n) is 4.01. The molecule has 0 unspecified atom stereocenters. The van der Waals surface area contributed by atoms with Gasteiger partial charge in [-0.3, -0.25) is 14.7 Å². The van der Waals surface area contributed by atoms with Crippen LogP contribution in [0.4, 0.5) is 26.2 Å². The zero-order valence-corrected chi connectivity index (χ0v) is 17.7. The average molecular weight is 427 g/mol. The van der Waals surface area contributed by atoms with Crippen LogP contribution in [0.15, 0.2) is 36.5 Å². The van der Waals surface area contributed by atoms with Crippen LogP contribution in [0, 0.1) is 12.7 Å². The Morgan fingerprint density at radius 3 is 2.55 bits per heavy atom. The SMILES string of the molecule is CC(=O)NC[C@H]1CN(c2ccc(N3CCN(c4cccnc4C)CC3)c(F)c2)C(=O)O1. The number of rotatable bonds is 5. The second-order valence-electron chi connectivity index (χ2n) is 7.77. The molecule has 1 aromatic carbocycles. The molecule has 2 aromatic rings. The fourth-order valence-corrected chi connectivity index (χ4v) is 4.01. The zero-order valence-electron chi connectivity index (χ0n) is 17.7. The first-order valence-electron chi connectivity index (χ1n) is 10.4. The van der Waals surface area contributed by atoms with Crippen LogP contribution in [-0.2, 0) is 9.53 Å². The second-order valence-corrected chi connectivity index (χ2v) is 7.77. The molecule has 3 heterocycles. The van der Waals surface area contributed by atoms with E-state index in [0.717, 1.165) is 24.5 Å². The molecular formula is C22H26FN5O3. The predicted octanol–water partition coefficient (Wildman–Crippen LogP) is 2.32. The molecule has 0 radical (unpaired) electrons. The van der Waals surface area contributed by atoms with Gasteiger partial charge in [-0.05, 0) is 37.3 Å². The molecule has 1 atom stereocenters. The lowest BCUT2D eigenvalue weighted by Gasteiger charge is -2.38. The summed E-state index contributed by atoms with van der Waals surface area (Å²) in [5.41, 5.74) is 3.06. The Bertz CT molecular complexity index is 977. The number of aromatic nitrogens is 1. The first-order valence-corrected chi connectivity index (χ1v) is 10.4. The van der Waals surface area contributed by atoms with Gasteiger partial charge < -0.3 is 19.9 Å². The number of ether oxygens (including phenoxy) is 1. The van der Waals surface area contributed by atoms with Crippen LogP contribution in [0.25, 0.3) is 0 Å². The molecule has 1 aromatic heterocycles. The Balaban J connectivity index is 1.40. The third-order valence-corrected chi connectivity index (χ3v) is 5.64. The summed E-state index contributed by atoms with van der Waals surface area (Å²) in [5.74, 6) is -0.565. The molecule has 8 nitrogen and oxygen atoms in total. The number of amides is 2. The highest BCUT2D eigenvalue weighted by atomic mass is 19.1. The summed E-state index contributed by atoms with van der Waals surface area (Å²) in [6, 6.07) is 8.80. The maximum atomic E-state index is 14.9. The van der Waals surface area contributed by atoms with Crippen LogP contribution in [0.1, 0.15) is 12.6 Å². The van der Waals surface area contributed by atoms with Gasteiger partial charge in [0.1, 0.15) is 11.9 Å². The average Bonchev–Trinajstić information content (AvgIpc) is 3.13. The summed E-state index contributed by atoms with van der Waals surface area (Å²) < 4.78 is 20.2. The van der Waals surface area contributed by atoms with Crippen molar-refractivity contribution in [1.82, 2.24) is 10.3 Å². The van der Waals surface area contributed by atoms with Crippen LogP contribution in [0.2, 0.25) is 0 Å². The number of piperazine rings is 1. The summed E-state index contributed by atoms with van der Waals surface area (Å²) in [6.07, 6.45) is 0.788. The Morgan fingerprint density at radius 1 is 1.19 bits per heavy atom. The minimum absolute atomic E-state index is 0.191. The smallest absolute Gasteiger partial charge is 0.414 e. The molecule has 4 rings (SSSR count). The molecule has 0 aliphatic carbocycles. The number of carbonyl (C=O) groups is 2. The van der Waals surface area contributed by atoms with E-state index in [2.05, 4.69) is 21.3 Å². The van der Waals surface area contributed by atoms with Gasteiger partial charge in [0.2, 0.25) is 5.91 Å². The van der Waals surface area contributed by atoms with Crippen molar-refractivity contribution in [2.24, 2.45) is 0 Å². The second kappa shape index (κ2) is 8.79. The molecule has 0 bridgehead atoms. The van der Waals surface area contributed by atoms with Gasteiger partial charge in [-0.15, -0.1) is 0 Å². The maximum Gasteiger partial charge on any atom is 0.414 e.